The standard InChI is InChI=1S/C13H11BClN3O3/c15-11-5-6-16-13-12(11)18(8-17-13)7-9-1-3-10(4-2-9)21-14(19)20/h1-6,8,19-20H,7H2. The van der Waals surface area contributed by atoms with Crippen LogP contribution in [0.25, 0.3) is 11.2 Å². The van der Waals surface area contributed by atoms with Gasteiger partial charge in [0.05, 0.1) is 11.3 Å². The molecule has 21 heavy (non-hydrogen) atoms. The molecule has 2 N–H and O–H groups in total. The van der Waals surface area contributed by atoms with Crippen molar-refractivity contribution in [2.45, 2.75) is 6.54 Å². The molecule has 8 heteroatoms. The number of fused-ring (bicyclic) bond motifs is 1. The molecular formula is C13H11BClN3O3. The van der Waals surface area contributed by atoms with E-state index >= 15 is 0 Å². The summed E-state index contributed by atoms with van der Waals surface area (Å²) in [4.78, 5) is 8.37. The lowest BCUT2D eigenvalue weighted by molar-refractivity contribution is 0.288. The fourth-order valence-electron chi connectivity index (χ4n) is 2.07. The zero-order valence-electron chi connectivity index (χ0n) is 10.8. The number of nitrogens with zero attached hydrogens (tertiary/aromatic N) is 3. The lowest BCUT2D eigenvalue weighted by Gasteiger charge is -2.08. The van der Waals surface area contributed by atoms with Gasteiger partial charge in [-0.25, -0.2) is 9.97 Å². The molecule has 6 nitrogen and oxygen atoms in total. The number of halogens is 1. The second-order valence-electron chi connectivity index (χ2n) is 4.43. The molecule has 3 aromatic rings. The predicted octanol–water partition coefficient (Wildman–Crippen LogP) is 1.48. The maximum absolute atomic E-state index is 8.73. The van der Waals surface area contributed by atoms with Crippen molar-refractivity contribution >= 4 is 30.1 Å². The van der Waals surface area contributed by atoms with E-state index in [1.54, 1.807) is 30.7 Å². The summed E-state index contributed by atoms with van der Waals surface area (Å²) in [6, 6.07) is 8.70. The van der Waals surface area contributed by atoms with Gasteiger partial charge in [-0.05, 0) is 23.8 Å². The van der Waals surface area contributed by atoms with Crippen LogP contribution in [0.1, 0.15) is 5.56 Å². The molecule has 0 saturated carbocycles. The molecule has 0 atom stereocenters. The van der Waals surface area contributed by atoms with Crippen molar-refractivity contribution in [2.75, 3.05) is 0 Å². The quantitative estimate of drug-likeness (QED) is 0.714. The van der Waals surface area contributed by atoms with Crippen LogP contribution in [0, 0.1) is 0 Å². The number of hydrogen-bond donors (Lipinski definition) is 2. The zero-order valence-corrected chi connectivity index (χ0v) is 11.6. The first-order chi connectivity index (χ1) is 10.1. The van der Waals surface area contributed by atoms with Crippen molar-refractivity contribution in [3.63, 3.8) is 0 Å². The molecule has 0 saturated heterocycles. The Morgan fingerprint density at radius 3 is 2.62 bits per heavy atom. The van der Waals surface area contributed by atoms with Crippen molar-refractivity contribution in [1.29, 1.82) is 0 Å². The summed E-state index contributed by atoms with van der Waals surface area (Å²) < 4.78 is 6.66. The van der Waals surface area contributed by atoms with E-state index in [-0.39, 0.29) is 0 Å². The summed E-state index contributed by atoms with van der Waals surface area (Å²) in [5.74, 6) is 0.379. The second kappa shape index (κ2) is 5.73. The maximum atomic E-state index is 8.73. The van der Waals surface area contributed by atoms with Crippen LogP contribution in [0.2, 0.25) is 5.02 Å². The summed E-state index contributed by atoms with van der Waals surface area (Å²) in [5, 5.41) is 18.1. The van der Waals surface area contributed by atoms with E-state index in [0.29, 0.717) is 23.0 Å². The second-order valence-corrected chi connectivity index (χ2v) is 4.83. The van der Waals surface area contributed by atoms with Gasteiger partial charge in [0, 0.05) is 12.7 Å². The van der Waals surface area contributed by atoms with Gasteiger partial charge < -0.3 is 19.3 Å². The van der Waals surface area contributed by atoms with Crippen LogP contribution in [0.15, 0.2) is 42.9 Å². The van der Waals surface area contributed by atoms with E-state index in [1.165, 1.54) is 0 Å². The molecule has 0 radical (unpaired) electrons. The number of hydrogen-bond acceptors (Lipinski definition) is 5. The highest BCUT2D eigenvalue weighted by Gasteiger charge is 2.11. The van der Waals surface area contributed by atoms with Gasteiger partial charge in [-0.15, -0.1) is 0 Å². The van der Waals surface area contributed by atoms with Gasteiger partial charge >= 0.3 is 7.32 Å². The average molecular weight is 304 g/mol. The maximum Gasteiger partial charge on any atom is 0.707 e. The molecule has 0 aliphatic rings. The van der Waals surface area contributed by atoms with Gasteiger partial charge in [-0.2, -0.15) is 0 Å². The number of imidazole rings is 1. The first-order valence-electron chi connectivity index (χ1n) is 6.20. The van der Waals surface area contributed by atoms with Gasteiger partial charge in [0.1, 0.15) is 11.3 Å². The van der Waals surface area contributed by atoms with E-state index in [2.05, 4.69) is 9.97 Å². The fraction of sp³-hybridized carbons (Fsp3) is 0.0769. The van der Waals surface area contributed by atoms with Crippen LogP contribution >= 0.6 is 11.6 Å². The van der Waals surface area contributed by atoms with Crippen LogP contribution in [-0.2, 0) is 6.54 Å². The van der Waals surface area contributed by atoms with E-state index in [1.807, 2.05) is 16.7 Å². The Morgan fingerprint density at radius 1 is 1.14 bits per heavy atom. The van der Waals surface area contributed by atoms with E-state index in [4.69, 9.17) is 26.3 Å². The largest absolute Gasteiger partial charge is 0.707 e. The Labute approximate surface area is 125 Å². The fourth-order valence-corrected chi connectivity index (χ4v) is 2.32. The smallest absolute Gasteiger partial charge is 0.512 e. The highest BCUT2D eigenvalue weighted by Crippen LogP contribution is 2.22. The summed E-state index contributed by atoms with van der Waals surface area (Å²) in [7, 11) is -1.82. The van der Waals surface area contributed by atoms with Crippen molar-refractivity contribution in [3.8, 4) is 5.75 Å². The molecule has 0 amide bonds. The number of pyridine rings is 1. The Morgan fingerprint density at radius 2 is 1.90 bits per heavy atom. The Bertz CT molecular complexity index is 761. The van der Waals surface area contributed by atoms with Gasteiger partial charge in [0.2, 0.25) is 0 Å². The molecule has 1 aromatic carbocycles. The van der Waals surface area contributed by atoms with Crippen molar-refractivity contribution in [2.24, 2.45) is 0 Å². The molecule has 0 aliphatic carbocycles. The highest BCUT2D eigenvalue weighted by atomic mass is 35.5. The molecule has 2 aromatic heterocycles. The predicted molar refractivity (Wildman–Crippen MR) is 78.9 cm³/mol. The third-order valence-electron chi connectivity index (χ3n) is 2.98. The summed E-state index contributed by atoms with van der Waals surface area (Å²) in [5.41, 5.74) is 2.38. The number of rotatable bonds is 4. The lowest BCUT2D eigenvalue weighted by Crippen LogP contribution is -2.20. The van der Waals surface area contributed by atoms with Gasteiger partial charge in [0.25, 0.3) is 0 Å². The minimum absolute atomic E-state index is 0.379. The Hall–Kier alpha value is -2.09. The molecule has 0 fully saturated rings. The summed E-state index contributed by atoms with van der Waals surface area (Å²) >= 11 is 6.18. The molecule has 0 aliphatic heterocycles. The zero-order chi connectivity index (χ0) is 14.8. The minimum Gasteiger partial charge on any atom is -0.512 e. The Balaban J connectivity index is 1.85. The Kier molecular flexibility index (Phi) is 3.79. The van der Waals surface area contributed by atoms with Gasteiger partial charge in [-0.1, -0.05) is 23.7 Å². The van der Waals surface area contributed by atoms with E-state index in [9.17, 15) is 0 Å². The van der Waals surface area contributed by atoms with Gasteiger partial charge in [0.15, 0.2) is 5.65 Å². The summed E-state index contributed by atoms with van der Waals surface area (Å²) in [6.45, 7) is 0.573. The first-order valence-corrected chi connectivity index (χ1v) is 6.58. The molecular weight excluding hydrogens is 292 g/mol. The van der Waals surface area contributed by atoms with E-state index in [0.717, 1.165) is 11.1 Å². The number of aromatic nitrogens is 3. The van der Waals surface area contributed by atoms with E-state index < -0.39 is 7.32 Å². The normalized spacial score (nSPS) is 10.8. The topological polar surface area (TPSA) is 80.4 Å². The van der Waals surface area contributed by atoms with Crippen LogP contribution < -0.4 is 4.65 Å². The van der Waals surface area contributed by atoms with Crippen molar-refractivity contribution < 1.29 is 14.7 Å². The average Bonchev–Trinajstić information content (AvgIpc) is 2.85. The van der Waals surface area contributed by atoms with Gasteiger partial charge in [-0.3, -0.25) is 0 Å². The SMILES string of the molecule is OB(O)Oc1ccc(Cn2cnc3nccc(Cl)c32)cc1. The van der Waals surface area contributed by atoms with Crippen LogP contribution in [0.3, 0.4) is 0 Å². The monoisotopic (exact) mass is 303 g/mol. The summed E-state index contributed by atoms with van der Waals surface area (Å²) in [6.07, 6.45) is 3.31. The molecule has 0 spiro atoms. The minimum atomic E-state index is -1.82. The first kappa shape index (κ1) is 13.9. The molecule has 2 heterocycles. The molecule has 0 unspecified atom stereocenters. The molecule has 3 rings (SSSR count). The highest BCUT2D eigenvalue weighted by molar-refractivity contribution is 6.34. The third kappa shape index (κ3) is 3.00. The lowest BCUT2D eigenvalue weighted by atomic mass is 10.2. The molecule has 106 valence electrons. The van der Waals surface area contributed by atoms with Crippen LogP contribution in [0.4, 0.5) is 0 Å². The molecule has 0 bridgehead atoms. The third-order valence-corrected chi connectivity index (χ3v) is 3.29. The van der Waals surface area contributed by atoms with Crippen LogP contribution in [-0.4, -0.2) is 31.9 Å². The van der Waals surface area contributed by atoms with Crippen LogP contribution in [0.5, 0.6) is 5.75 Å². The number of benzene rings is 1. The van der Waals surface area contributed by atoms with Crippen molar-refractivity contribution in [1.82, 2.24) is 14.5 Å². The van der Waals surface area contributed by atoms with Crippen molar-refractivity contribution in [3.05, 3.63) is 53.4 Å².